The van der Waals surface area contributed by atoms with Crippen molar-refractivity contribution in [1.82, 2.24) is 9.55 Å². The Morgan fingerprint density at radius 3 is 2.68 bits per heavy atom. The van der Waals surface area contributed by atoms with Crippen LogP contribution in [0.3, 0.4) is 0 Å². The lowest BCUT2D eigenvalue weighted by molar-refractivity contribution is -0.113. The van der Waals surface area contributed by atoms with Crippen molar-refractivity contribution in [3.63, 3.8) is 0 Å². The lowest BCUT2D eigenvalue weighted by Crippen LogP contribution is -2.14. The van der Waals surface area contributed by atoms with Crippen LogP contribution in [-0.4, -0.2) is 21.2 Å². The number of carbonyl (C=O) groups is 1. The molecule has 0 aliphatic rings. The first-order chi connectivity index (χ1) is 12.2. The predicted molar refractivity (Wildman–Crippen MR) is 104 cm³/mol. The molecule has 1 N–H and O–H groups in total. The second kappa shape index (κ2) is 6.61. The number of imidazole rings is 1. The molecule has 3 aromatic carbocycles. The summed E-state index contributed by atoms with van der Waals surface area (Å²) in [4.78, 5) is 17.0. The molecule has 0 bridgehead atoms. The molecule has 0 saturated heterocycles. The molecular weight excluding hydrogens is 330 g/mol. The SMILES string of the molecule is Cn1c(SCC(=O)Nc2cccc3ccccc23)nc2ccccc21. The van der Waals surface area contributed by atoms with E-state index < -0.39 is 0 Å². The number of amides is 1. The summed E-state index contributed by atoms with van der Waals surface area (Å²) in [6, 6.07) is 21.9. The molecule has 25 heavy (non-hydrogen) atoms. The van der Waals surface area contributed by atoms with Gasteiger partial charge in [0, 0.05) is 18.1 Å². The average Bonchev–Trinajstić information content (AvgIpc) is 2.97. The Hall–Kier alpha value is -2.79. The van der Waals surface area contributed by atoms with E-state index in [9.17, 15) is 4.79 Å². The number of rotatable bonds is 4. The third-order valence-corrected chi connectivity index (χ3v) is 5.17. The van der Waals surface area contributed by atoms with E-state index in [4.69, 9.17) is 0 Å². The van der Waals surface area contributed by atoms with Gasteiger partial charge >= 0.3 is 0 Å². The lowest BCUT2D eigenvalue weighted by Gasteiger charge is -2.08. The third kappa shape index (κ3) is 3.10. The number of aryl methyl sites for hydroxylation is 1. The first-order valence-electron chi connectivity index (χ1n) is 8.04. The molecule has 0 radical (unpaired) electrons. The molecule has 0 fully saturated rings. The highest BCUT2D eigenvalue weighted by Gasteiger charge is 2.11. The molecular formula is C20H17N3OS. The van der Waals surface area contributed by atoms with Gasteiger partial charge in [-0.2, -0.15) is 0 Å². The first kappa shape index (κ1) is 15.7. The minimum absolute atomic E-state index is 0.0339. The molecule has 0 atom stereocenters. The van der Waals surface area contributed by atoms with Gasteiger partial charge in [0.1, 0.15) is 0 Å². The zero-order valence-corrected chi connectivity index (χ0v) is 14.6. The largest absolute Gasteiger partial charge is 0.325 e. The topological polar surface area (TPSA) is 46.9 Å². The van der Waals surface area contributed by atoms with E-state index in [0.717, 1.165) is 32.6 Å². The van der Waals surface area contributed by atoms with Crippen LogP contribution in [-0.2, 0) is 11.8 Å². The molecule has 0 aliphatic carbocycles. The van der Waals surface area contributed by atoms with Crippen molar-refractivity contribution in [1.29, 1.82) is 0 Å². The summed E-state index contributed by atoms with van der Waals surface area (Å²) in [5, 5.41) is 6.01. The summed E-state index contributed by atoms with van der Waals surface area (Å²) in [5.41, 5.74) is 2.86. The summed E-state index contributed by atoms with van der Waals surface area (Å²) in [7, 11) is 1.97. The minimum atomic E-state index is -0.0339. The summed E-state index contributed by atoms with van der Waals surface area (Å²) in [6.45, 7) is 0. The molecule has 0 saturated carbocycles. The summed E-state index contributed by atoms with van der Waals surface area (Å²) < 4.78 is 2.02. The van der Waals surface area contributed by atoms with E-state index in [1.807, 2.05) is 78.3 Å². The molecule has 124 valence electrons. The van der Waals surface area contributed by atoms with Gasteiger partial charge in [-0.1, -0.05) is 60.3 Å². The van der Waals surface area contributed by atoms with Crippen molar-refractivity contribution in [2.75, 3.05) is 11.1 Å². The predicted octanol–water partition coefficient (Wildman–Crippen LogP) is 4.46. The number of thioether (sulfide) groups is 1. The Bertz CT molecular complexity index is 1070. The molecule has 1 aromatic heterocycles. The number of nitrogens with zero attached hydrogens (tertiary/aromatic N) is 2. The molecule has 4 aromatic rings. The van der Waals surface area contributed by atoms with E-state index in [1.165, 1.54) is 11.8 Å². The third-order valence-electron chi connectivity index (χ3n) is 4.14. The smallest absolute Gasteiger partial charge is 0.234 e. The van der Waals surface area contributed by atoms with Crippen LogP contribution in [0.4, 0.5) is 5.69 Å². The van der Waals surface area contributed by atoms with Gasteiger partial charge in [0.15, 0.2) is 5.16 Å². The zero-order valence-electron chi connectivity index (χ0n) is 13.8. The van der Waals surface area contributed by atoms with Crippen molar-refractivity contribution in [3.05, 3.63) is 66.7 Å². The number of benzene rings is 3. The summed E-state index contributed by atoms with van der Waals surface area (Å²) in [6.07, 6.45) is 0. The highest BCUT2D eigenvalue weighted by atomic mass is 32.2. The number of fused-ring (bicyclic) bond motifs is 2. The highest BCUT2D eigenvalue weighted by Crippen LogP contribution is 2.25. The number of carbonyl (C=O) groups excluding carboxylic acids is 1. The van der Waals surface area contributed by atoms with E-state index in [-0.39, 0.29) is 5.91 Å². The molecule has 5 heteroatoms. The first-order valence-corrected chi connectivity index (χ1v) is 9.03. The second-order valence-corrected chi connectivity index (χ2v) is 6.75. The van der Waals surface area contributed by atoms with Crippen molar-refractivity contribution in [2.24, 2.45) is 7.05 Å². The van der Waals surface area contributed by atoms with Gasteiger partial charge in [-0.3, -0.25) is 4.79 Å². The molecule has 0 aliphatic heterocycles. The Balaban J connectivity index is 1.49. The maximum Gasteiger partial charge on any atom is 0.234 e. The van der Waals surface area contributed by atoms with Crippen molar-refractivity contribution in [2.45, 2.75) is 5.16 Å². The quantitative estimate of drug-likeness (QED) is 0.555. The number of aromatic nitrogens is 2. The van der Waals surface area contributed by atoms with Gasteiger partial charge in [-0.25, -0.2) is 4.98 Å². The van der Waals surface area contributed by atoms with Gasteiger partial charge in [-0.15, -0.1) is 0 Å². The standard InChI is InChI=1S/C20H17N3OS/c1-23-18-12-5-4-10-17(18)22-20(23)25-13-19(24)21-16-11-6-8-14-7-2-3-9-15(14)16/h2-12H,13H2,1H3,(H,21,24). The van der Waals surface area contributed by atoms with Crippen molar-refractivity contribution in [3.8, 4) is 0 Å². The van der Waals surface area contributed by atoms with E-state index in [0.29, 0.717) is 5.75 Å². The van der Waals surface area contributed by atoms with Crippen LogP contribution in [0.5, 0.6) is 0 Å². The maximum atomic E-state index is 12.4. The van der Waals surface area contributed by atoms with E-state index in [1.54, 1.807) is 0 Å². The van der Waals surface area contributed by atoms with Crippen LogP contribution in [0, 0.1) is 0 Å². The monoisotopic (exact) mass is 347 g/mol. The average molecular weight is 347 g/mol. The van der Waals surface area contributed by atoms with Crippen LogP contribution in [0.2, 0.25) is 0 Å². The van der Waals surface area contributed by atoms with Gasteiger partial charge < -0.3 is 9.88 Å². The number of nitrogens with one attached hydrogen (secondary N) is 1. The normalized spacial score (nSPS) is 11.1. The van der Waals surface area contributed by atoms with Gasteiger partial charge in [0.05, 0.1) is 16.8 Å². The summed E-state index contributed by atoms with van der Waals surface area (Å²) >= 11 is 1.45. The van der Waals surface area contributed by atoms with Crippen LogP contribution in [0.25, 0.3) is 21.8 Å². The Kier molecular flexibility index (Phi) is 4.15. The summed E-state index contributed by atoms with van der Waals surface area (Å²) in [5.74, 6) is 0.286. The Morgan fingerprint density at radius 2 is 1.80 bits per heavy atom. The van der Waals surface area contributed by atoms with Gasteiger partial charge in [0.2, 0.25) is 5.91 Å². The van der Waals surface area contributed by atoms with Gasteiger partial charge in [-0.05, 0) is 23.6 Å². The van der Waals surface area contributed by atoms with Crippen LogP contribution in [0.15, 0.2) is 71.9 Å². The van der Waals surface area contributed by atoms with Crippen LogP contribution < -0.4 is 5.32 Å². The van der Waals surface area contributed by atoms with Crippen molar-refractivity contribution < 1.29 is 4.79 Å². The molecule has 4 nitrogen and oxygen atoms in total. The van der Waals surface area contributed by atoms with Crippen molar-refractivity contribution >= 4 is 45.2 Å². The Labute approximate surface area is 149 Å². The molecule has 0 spiro atoms. The van der Waals surface area contributed by atoms with Crippen LogP contribution >= 0.6 is 11.8 Å². The number of anilines is 1. The fraction of sp³-hybridized carbons (Fsp3) is 0.100. The minimum Gasteiger partial charge on any atom is -0.325 e. The van der Waals surface area contributed by atoms with Crippen LogP contribution in [0.1, 0.15) is 0 Å². The van der Waals surface area contributed by atoms with E-state index >= 15 is 0 Å². The van der Waals surface area contributed by atoms with Gasteiger partial charge in [0.25, 0.3) is 0 Å². The Morgan fingerprint density at radius 1 is 1.04 bits per heavy atom. The number of para-hydroxylation sites is 2. The number of hydrogen-bond donors (Lipinski definition) is 1. The molecule has 0 unspecified atom stereocenters. The lowest BCUT2D eigenvalue weighted by atomic mass is 10.1. The molecule has 1 heterocycles. The zero-order chi connectivity index (χ0) is 17.2. The second-order valence-electron chi connectivity index (χ2n) is 5.81. The number of hydrogen-bond acceptors (Lipinski definition) is 3. The highest BCUT2D eigenvalue weighted by molar-refractivity contribution is 7.99. The fourth-order valence-corrected chi connectivity index (χ4v) is 3.69. The van der Waals surface area contributed by atoms with E-state index in [2.05, 4.69) is 10.3 Å². The molecule has 1 amide bonds. The molecule has 4 rings (SSSR count). The fourth-order valence-electron chi connectivity index (χ4n) is 2.90. The maximum absolute atomic E-state index is 12.4.